The largest absolute Gasteiger partial charge is 0.460 e. The zero-order chi connectivity index (χ0) is 14.6. The Kier molecular flexibility index (Phi) is 4.58. The molecular weight excluding hydrogens is 280 g/mol. The monoisotopic (exact) mass is 298 g/mol. The minimum Gasteiger partial charge on any atom is -0.460 e. The fraction of sp³-hybridized carbons (Fsp3) is 0.417. The van der Waals surface area contributed by atoms with Gasteiger partial charge in [-0.05, 0) is 19.1 Å². The molecular formula is C12H18N4O3S. The highest BCUT2D eigenvalue weighted by Crippen LogP contribution is 2.22. The SMILES string of the molecule is Cc1ccc(-c2[nH]ncc2CNCCNS(C)(=O)=O)o1. The van der Waals surface area contributed by atoms with Crippen molar-refractivity contribution in [1.82, 2.24) is 20.2 Å². The maximum atomic E-state index is 10.9. The lowest BCUT2D eigenvalue weighted by Crippen LogP contribution is -2.30. The number of nitrogens with zero attached hydrogens (tertiary/aromatic N) is 1. The number of hydrogen-bond acceptors (Lipinski definition) is 5. The first-order valence-corrected chi connectivity index (χ1v) is 8.09. The Balaban J connectivity index is 1.87. The quantitative estimate of drug-likeness (QED) is 0.651. The molecule has 0 amide bonds. The van der Waals surface area contributed by atoms with Crippen LogP contribution in [0, 0.1) is 6.92 Å². The number of aromatic amines is 1. The molecule has 0 fully saturated rings. The van der Waals surface area contributed by atoms with E-state index >= 15 is 0 Å². The van der Waals surface area contributed by atoms with Crippen LogP contribution in [-0.4, -0.2) is 38.0 Å². The molecule has 0 saturated heterocycles. The second-order valence-electron chi connectivity index (χ2n) is 4.52. The van der Waals surface area contributed by atoms with Crippen molar-refractivity contribution in [3.05, 3.63) is 29.7 Å². The zero-order valence-corrected chi connectivity index (χ0v) is 12.3. The molecule has 0 unspecified atom stereocenters. The van der Waals surface area contributed by atoms with Crippen molar-refractivity contribution >= 4 is 10.0 Å². The van der Waals surface area contributed by atoms with Gasteiger partial charge in [-0.2, -0.15) is 5.10 Å². The van der Waals surface area contributed by atoms with Gasteiger partial charge in [-0.15, -0.1) is 0 Å². The standard InChI is InChI=1S/C12H18N4O3S/c1-9-3-4-11(19-9)12-10(8-14-16-12)7-13-5-6-15-20(2,17)18/h3-4,8,13,15H,5-7H2,1-2H3,(H,14,16). The van der Waals surface area contributed by atoms with Crippen molar-refractivity contribution in [3.63, 3.8) is 0 Å². The zero-order valence-electron chi connectivity index (χ0n) is 11.4. The van der Waals surface area contributed by atoms with Gasteiger partial charge in [0, 0.05) is 25.2 Å². The van der Waals surface area contributed by atoms with E-state index in [1.165, 1.54) is 0 Å². The van der Waals surface area contributed by atoms with E-state index in [-0.39, 0.29) is 0 Å². The maximum Gasteiger partial charge on any atom is 0.208 e. The van der Waals surface area contributed by atoms with Crippen LogP contribution in [0.4, 0.5) is 0 Å². The predicted octanol–water partition coefficient (Wildman–Crippen LogP) is 0.617. The number of sulfonamides is 1. The van der Waals surface area contributed by atoms with E-state index in [0.29, 0.717) is 19.6 Å². The van der Waals surface area contributed by atoms with E-state index in [1.54, 1.807) is 6.20 Å². The van der Waals surface area contributed by atoms with Crippen LogP contribution < -0.4 is 10.0 Å². The summed E-state index contributed by atoms with van der Waals surface area (Å²) in [5.74, 6) is 1.58. The van der Waals surface area contributed by atoms with Crippen molar-refractivity contribution in [2.75, 3.05) is 19.3 Å². The maximum absolute atomic E-state index is 10.9. The lowest BCUT2D eigenvalue weighted by Gasteiger charge is -2.05. The summed E-state index contributed by atoms with van der Waals surface area (Å²) in [7, 11) is -3.13. The number of nitrogens with one attached hydrogen (secondary N) is 3. The van der Waals surface area contributed by atoms with Gasteiger partial charge in [-0.1, -0.05) is 0 Å². The van der Waals surface area contributed by atoms with Gasteiger partial charge < -0.3 is 9.73 Å². The van der Waals surface area contributed by atoms with Gasteiger partial charge in [0.05, 0.1) is 12.5 Å². The van der Waals surface area contributed by atoms with Gasteiger partial charge >= 0.3 is 0 Å². The predicted molar refractivity (Wildman–Crippen MR) is 75.6 cm³/mol. The van der Waals surface area contributed by atoms with Crippen LogP contribution in [0.1, 0.15) is 11.3 Å². The summed E-state index contributed by atoms with van der Waals surface area (Å²) >= 11 is 0. The van der Waals surface area contributed by atoms with Gasteiger partial charge in [0.25, 0.3) is 0 Å². The number of aromatic nitrogens is 2. The molecule has 0 aliphatic carbocycles. The summed E-state index contributed by atoms with van der Waals surface area (Å²) in [6.07, 6.45) is 2.87. The number of H-pyrrole nitrogens is 1. The first kappa shape index (κ1) is 14.8. The molecule has 8 heteroatoms. The highest BCUT2D eigenvalue weighted by molar-refractivity contribution is 7.88. The van der Waals surface area contributed by atoms with Gasteiger partial charge in [0.15, 0.2) is 5.76 Å². The van der Waals surface area contributed by atoms with Gasteiger partial charge in [-0.25, -0.2) is 13.1 Å². The number of furan rings is 1. The van der Waals surface area contributed by atoms with E-state index in [2.05, 4.69) is 20.2 Å². The van der Waals surface area contributed by atoms with Crippen LogP contribution in [0.15, 0.2) is 22.7 Å². The van der Waals surface area contributed by atoms with Gasteiger partial charge in [-0.3, -0.25) is 5.10 Å². The van der Waals surface area contributed by atoms with Crippen LogP contribution in [0.25, 0.3) is 11.5 Å². The normalized spacial score (nSPS) is 11.9. The molecule has 20 heavy (non-hydrogen) atoms. The molecule has 2 aromatic rings. The number of rotatable bonds is 7. The van der Waals surface area contributed by atoms with Crippen LogP contribution >= 0.6 is 0 Å². The molecule has 0 bridgehead atoms. The third kappa shape index (κ3) is 4.19. The molecule has 2 aromatic heterocycles. The van der Waals surface area contributed by atoms with Crippen molar-refractivity contribution in [1.29, 1.82) is 0 Å². The van der Waals surface area contributed by atoms with Crippen molar-refractivity contribution in [2.45, 2.75) is 13.5 Å². The van der Waals surface area contributed by atoms with Crippen LogP contribution in [0.5, 0.6) is 0 Å². The fourth-order valence-electron chi connectivity index (χ4n) is 1.78. The van der Waals surface area contributed by atoms with E-state index < -0.39 is 10.0 Å². The molecule has 7 nitrogen and oxygen atoms in total. The second kappa shape index (κ2) is 6.21. The fourth-order valence-corrected chi connectivity index (χ4v) is 2.25. The summed E-state index contributed by atoms with van der Waals surface area (Å²) < 4.78 is 29.8. The Hall–Kier alpha value is -1.64. The number of hydrogen-bond donors (Lipinski definition) is 3. The van der Waals surface area contributed by atoms with Crippen LogP contribution in [-0.2, 0) is 16.6 Å². The average molecular weight is 298 g/mol. The highest BCUT2D eigenvalue weighted by atomic mass is 32.2. The lowest BCUT2D eigenvalue weighted by molar-refractivity contribution is 0.545. The molecule has 0 atom stereocenters. The summed E-state index contributed by atoms with van der Waals surface area (Å²) in [5.41, 5.74) is 1.81. The summed E-state index contributed by atoms with van der Waals surface area (Å²) in [4.78, 5) is 0. The van der Waals surface area contributed by atoms with E-state index in [1.807, 2.05) is 19.1 Å². The van der Waals surface area contributed by atoms with Crippen LogP contribution in [0.2, 0.25) is 0 Å². The first-order chi connectivity index (χ1) is 9.46. The van der Waals surface area contributed by atoms with E-state index in [4.69, 9.17) is 4.42 Å². The molecule has 0 spiro atoms. The van der Waals surface area contributed by atoms with Crippen LogP contribution in [0.3, 0.4) is 0 Å². The van der Waals surface area contributed by atoms with Crippen molar-refractivity contribution in [2.24, 2.45) is 0 Å². The summed E-state index contributed by atoms with van der Waals surface area (Å²) in [6.45, 7) is 3.35. The minimum atomic E-state index is -3.13. The molecule has 0 radical (unpaired) electrons. The third-order valence-electron chi connectivity index (χ3n) is 2.69. The van der Waals surface area contributed by atoms with Gasteiger partial charge in [0.1, 0.15) is 11.5 Å². The molecule has 2 rings (SSSR count). The third-order valence-corrected chi connectivity index (χ3v) is 3.41. The topological polar surface area (TPSA) is 100 Å². The summed E-state index contributed by atoms with van der Waals surface area (Å²) in [6, 6.07) is 3.78. The molecule has 0 saturated carbocycles. The summed E-state index contributed by atoms with van der Waals surface area (Å²) in [5, 5.41) is 10.1. The Bertz CT molecular complexity index is 660. The Morgan fingerprint density at radius 2 is 2.15 bits per heavy atom. The smallest absolute Gasteiger partial charge is 0.208 e. The van der Waals surface area contributed by atoms with Crippen molar-refractivity contribution in [3.8, 4) is 11.5 Å². The lowest BCUT2D eigenvalue weighted by atomic mass is 10.2. The Morgan fingerprint density at radius 1 is 1.35 bits per heavy atom. The Morgan fingerprint density at radius 3 is 2.80 bits per heavy atom. The van der Waals surface area contributed by atoms with E-state index in [0.717, 1.165) is 29.0 Å². The van der Waals surface area contributed by atoms with E-state index in [9.17, 15) is 8.42 Å². The first-order valence-electron chi connectivity index (χ1n) is 6.20. The Labute approximate surface area is 117 Å². The molecule has 2 heterocycles. The molecule has 0 aliphatic heterocycles. The van der Waals surface area contributed by atoms with Crippen molar-refractivity contribution < 1.29 is 12.8 Å². The van der Waals surface area contributed by atoms with Gasteiger partial charge in [0.2, 0.25) is 10.0 Å². The minimum absolute atomic E-state index is 0.353. The molecule has 3 N–H and O–H groups in total. The number of aryl methyl sites for hydroxylation is 1. The molecule has 0 aliphatic rings. The molecule has 0 aromatic carbocycles. The average Bonchev–Trinajstić information content (AvgIpc) is 2.95. The molecule has 110 valence electrons. The second-order valence-corrected chi connectivity index (χ2v) is 6.36. The highest BCUT2D eigenvalue weighted by Gasteiger charge is 2.10.